The Morgan fingerprint density at radius 1 is 1.32 bits per heavy atom. The van der Waals surface area contributed by atoms with E-state index in [-0.39, 0.29) is 5.96 Å². The van der Waals surface area contributed by atoms with E-state index in [1.165, 1.54) is 4.90 Å². The molecular formula is C19H25Cl2N7. The predicted octanol–water partition coefficient (Wildman–Crippen LogP) is 4.02. The van der Waals surface area contributed by atoms with Crippen LogP contribution < -0.4 is 16.0 Å². The molecule has 0 saturated carbocycles. The number of hydrogen-bond donors (Lipinski definition) is 3. The Bertz CT molecular complexity index is 858. The Balaban J connectivity index is 1.89. The number of nitrogens with zero attached hydrogens (tertiary/aromatic N) is 4. The highest BCUT2D eigenvalue weighted by atomic mass is 35.5. The lowest BCUT2D eigenvalue weighted by atomic mass is 10.1. The molecule has 1 aliphatic heterocycles. The van der Waals surface area contributed by atoms with E-state index in [1.54, 1.807) is 18.2 Å². The third kappa shape index (κ3) is 4.84. The lowest BCUT2D eigenvalue weighted by molar-refractivity contribution is 0.226. The summed E-state index contributed by atoms with van der Waals surface area (Å²) in [6, 6.07) is 7.26. The molecule has 1 unspecified atom stereocenters. The van der Waals surface area contributed by atoms with Crippen molar-refractivity contribution >= 4 is 46.6 Å². The standard InChI is InChI=1S/C19H25Cl2N7/c1-3-27-8-4-5-13(11-27)25-17-9-12(2)24-19(26-17)28(18(22)23)14-6-7-15(20)16(21)10-14/h6-7,9-10,13H,3-5,8,11H2,1-2H3,(H3,22,23)(H,24,25,26). The SMILES string of the molecule is CCN1CCCC(Nc2cc(C)nc(N(C(=N)N)c3ccc(Cl)c(Cl)c3)n2)C1. The molecule has 1 aromatic carbocycles. The maximum Gasteiger partial charge on any atom is 0.239 e. The van der Waals surface area contributed by atoms with Crippen LogP contribution >= 0.6 is 23.2 Å². The minimum Gasteiger partial charge on any atom is -0.369 e. The van der Waals surface area contributed by atoms with Gasteiger partial charge in [0.15, 0.2) is 5.96 Å². The fraction of sp³-hybridized carbons (Fsp3) is 0.421. The molecule has 0 radical (unpaired) electrons. The van der Waals surface area contributed by atoms with Crippen LogP contribution in [0.15, 0.2) is 24.3 Å². The van der Waals surface area contributed by atoms with E-state index in [2.05, 4.69) is 27.1 Å². The zero-order valence-corrected chi connectivity index (χ0v) is 17.6. The normalized spacial score (nSPS) is 17.4. The molecule has 1 saturated heterocycles. The molecule has 1 aliphatic rings. The Morgan fingerprint density at radius 2 is 2.11 bits per heavy atom. The highest BCUT2D eigenvalue weighted by molar-refractivity contribution is 6.42. The first-order chi connectivity index (χ1) is 13.4. The van der Waals surface area contributed by atoms with Gasteiger partial charge in [-0.25, -0.2) is 9.88 Å². The number of benzene rings is 1. The third-order valence-corrected chi connectivity index (χ3v) is 5.49. The molecule has 1 aromatic heterocycles. The molecule has 4 N–H and O–H groups in total. The number of aryl methyl sites for hydroxylation is 1. The second-order valence-corrected chi connectivity index (χ2v) is 7.70. The zero-order valence-electron chi connectivity index (χ0n) is 16.0. The summed E-state index contributed by atoms with van der Waals surface area (Å²) in [5, 5.41) is 12.3. The van der Waals surface area contributed by atoms with Crippen LogP contribution in [0.5, 0.6) is 0 Å². The Kier molecular flexibility index (Phi) is 6.59. The monoisotopic (exact) mass is 421 g/mol. The number of nitrogens with one attached hydrogen (secondary N) is 2. The summed E-state index contributed by atoms with van der Waals surface area (Å²) in [5.41, 5.74) is 7.19. The third-order valence-electron chi connectivity index (χ3n) is 4.75. The van der Waals surface area contributed by atoms with E-state index in [4.69, 9.17) is 34.3 Å². The first-order valence-electron chi connectivity index (χ1n) is 9.31. The second-order valence-electron chi connectivity index (χ2n) is 6.89. The van der Waals surface area contributed by atoms with Crippen LogP contribution in [0.4, 0.5) is 17.5 Å². The molecule has 150 valence electrons. The molecule has 0 aliphatic carbocycles. The van der Waals surface area contributed by atoms with Gasteiger partial charge in [-0.2, -0.15) is 4.98 Å². The first kappa shape index (κ1) is 20.6. The van der Waals surface area contributed by atoms with E-state index in [1.807, 2.05) is 13.0 Å². The van der Waals surface area contributed by atoms with E-state index >= 15 is 0 Å². The van der Waals surface area contributed by atoms with Gasteiger partial charge < -0.3 is 16.0 Å². The summed E-state index contributed by atoms with van der Waals surface area (Å²) >= 11 is 12.2. The summed E-state index contributed by atoms with van der Waals surface area (Å²) in [5.74, 6) is 0.832. The quantitative estimate of drug-likeness (QED) is 0.498. The molecule has 28 heavy (non-hydrogen) atoms. The fourth-order valence-electron chi connectivity index (χ4n) is 3.38. The number of likely N-dealkylation sites (N-methyl/N-ethyl adjacent to an activating group) is 1. The van der Waals surface area contributed by atoms with Crippen LogP contribution in [-0.4, -0.2) is 46.5 Å². The van der Waals surface area contributed by atoms with Gasteiger partial charge in [-0.1, -0.05) is 30.1 Å². The summed E-state index contributed by atoms with van der Waals surface area (Å²) < 4.78 is 0. The number of piperidine rings is 1. The molecule has 3 rings (SSSR count). The Labute approximate surface area is 175 Å². The number of anilines is 3. The van der Waals surface area contributed by atoms with Crippen LogP contribution in [0.25, 0.3) is 0 Å². The van der Waals surface area contributed by atoms with Crippen molar-refractivity contribution in [3.63, 3.8) is 0 Å². The number of rotatable bonds is 5. The number of guanidine groups is 1. The van der Waals surface area contributed by atoms with Gasteiger partial charge in [-0.3, -0.25) is 5.41 Å². The number of likely N-dealkylation sites (tertiary alicyclic amines) is 1. The van der Waals surface area contributed by atoms with Gasteiger partial charge in [0, 0.05) is 24.3 Å². The molecule has 1 atom stereocenters. The maximum atomic E-state index is 8.02. The first-order valence-corrected chi connectivity index (χ1v) is 10.1. The Hall–Kier alpha value is -2.09. The Morgan fingerprint density at radius 3 is 2.79 bits per heavy atom. The van der Waals surface area contributed by atoms with E-state index in [0.717, 1.165) is 44.0 Å². The van der Waals surface area contributed by atoms with Crippen molar-refractivity contribution in [1.82, 2.24) is 14.9 Å². The highest BCUT2D eigenvalue weighted by Crippen LogP contribution is 2.30. The summed E-state index contributed by atoms with van der Waals surface area (Å²) in [4.78, 5) is 13.0. The van der Waals surface area contributed by atoms with Gasteiger partial charge in [0.1, 0.15) is 5.82 Å². The van der Waals surface area contributed by atoms with Crippen molar-refractivity contribution < 1.29 is 0 Å². The van der Waals surface area contributed by atoms with Crippen molar-refractivity contribution in [2.24, 2.45) is 5.73 Å². The van der Waals surface area contributed by atoms with Crippen LogP contribution in [0.1, 0.15) is 25.5 Å². The minimum absolute atomic E-state index is 0.204. The minimum atomic E-state index is -0.204. The molecule has 2 heterocycles. The van der Waals surface area contributed by atoms with Crippen molar-refractivity contribution in [2.75, 3.05) is 29.9 Å². The average molecular weight is 422 g/mol. The van der Waals surface area contributed by atoms with E-state index in [9.17, 15) is 0 Å². The van der Waals surface area contributed by atoms with Gasteiger partial charge in [-0.05, 0) is 51.1 Å². The summed E-state index contributed by atoms with van der Waals surface area (Å²) in [6.45, 7) is 7.23. The van der Waals surface area contributed by atoms with Crippen molar-refractivity contribution in [3.8, 4) is 0 Å². The molecule has 0 bridgehead atoms. The molecule has 0 amide bonds. The molecule has 0 spiro atoms. The van der Waals surface area contributed by atoms with Gasteiger partial charge in [-0.15, -0.1) is 0 Å². The average Bonchev–Trinajstić information content (AvgIpc) is 2.64. The zero-order chi connectivity index (χ0) is 20.3. The topological polar surface area (TPSA) is 94.2 Å². The summed E-state index contributed by atoms with van der Waals surface area (Å²) in [6.07, 6.45) is 2.25. The number of nitrogens with two attached hydrogens (primary N) is 1. The molecule has 2 aromatic rings. The van der Waals surface area contributed by atoms with Gasteiger partial charge in [0.2, 0.25) is 5.95 Å². The fourth-order valence-corrected chi connectivity index (χ4v) is 3.68. The van der Waals surface area contributed by atoms with Crippen LogP contribution in [0, 0.1) is 12.3 Å². The molecule has 7 nitrogen and oxygen atoms in total. The van der Waals surface area contributed by atoms with Crippen LogP contribution in [0.3, 0.4) is 0 Å². The van der Waals surface area contributed by atoms with Gasteiger partial charge in [0.25, 0.3) is 0 Å². The van der Waals surface area contributed by atoms with Crippen LogP contribution in [-0.2, 0) is 0 Å². The number of aromatic nitrogens is 2. The largest absolute Gasteiger partial charge is 0.369 e. The van der Waals surface area contributed by atoms with E-state index in [0.29, 0.717) is 27.7 Å². The lowest BCUT2D eigenvalue weighted by Gasteiger charge is -2.32. The number of halogens is 2. The van der Waals surface area contributed by atoms with Gasteiger partial charge >= 0.3 is 0 Å². The maximum absolute atomic E-state index is 8.02. The van der Waals surface area contributed by atoms with Crippen molar-refractivity contribution in [1.29, 1.82) is 5.41 Å². The summed E-state index contributed by atoms with van der Waals surface area (Å²) in [7, 11) is 0. The second kappa shape index (κ2) is 8.94. The highest BCUT2D eigenvalue weighted by Gasteiger charge is 2.21. The lowest BCUT2D eigenvalue weighted by Crippen LogP contribution is -2.42. The van der Waals surface area contributed by atoms with E-state index < -0.39 is 0 Å². The van der Waals surface area contributed by atoms with Gasteiger partial charge in [0.05, 0.1) is 15.7 Å². The molecule has 1 fully saturated rings. The van der Waals surface area contributed by atoms with Crippen molar-refractivity contribution in [3.05, 3.63) is 40.0 Å². The van der Waals surface area contributed by atoms with Crippen LogP contribution in [0.2, 0.25) is 10.0 Å². The smallest absolute Gasteiger partial charge is 0.239 e. The number of hydrogen-bond acceptors (Lipinski definition) is 5. The predicted molar refractivity (Wildman–Crippen MR) is 116 cm³/mol. The van der Waals surface area contributed by atoms with Crippen molar-refractivity contribution in [2.45, 2.75) is 32.7 Å². The molecule has 9 heteroatoms. The molecular weight excluding hydrogens is 397 g/mol.